The van der Waals surface area contributed by atoms with Gasteiger partial charge < -0.3 is 0 Å². The molecule has 2 unspecified atom stereocenters. The van der Waals surface area contributed by atoms with Gasteiger partial charge in [-0.1, -0.05) is 0 Å². The van der Waals surface area contributed by atoms with E-state index in [2.05, 4.69) is 27.7 Å². The van der Waals surface area contributed by atoms with Gasteiger partial charge in [-0.25, -0.2) is 0 Å². The number of benzene rings is 2. The Hall–Kier alpha value is -0.650. The van der Waals surface area contributed by atoms with Crippen LogP contribution in [0.2, 0.25) is 20.1 Å². The molecule has 5 nitrogen and oxygen atoms in total. The van der Waals surface area contributed by atoms with Gasteiger partial charge in [0.2, 0.25) is 0 Å². The summed E-state index contributed by atoms with van der Waals surface area (Å²) in [5.41, 5.74) is -0.0329. The molecule has 0 N–H and O–H groups in total. The Balaban J connectivity index is 1.64. The second-order valence-corrected chi connectivity index (χ2v) is 13.7. The van der Waals surface area contributed by atoms with E-state index < -0.39 is 7.74 Å². The summed E-state index contributed by atoms with van der Waals surface area (Å²) in [6.07, 6.45) is 0.842. The zero-order valence-electron chi connectivity index (χ0n) is 18.0. The van der Waals surface area contributed by atoms with Crippen LogP contribution in [0.3, 0.4) is 0 Å². The van der Waals surface area contributed by atoms with E-state index in [-0.39, 0.29) is 54.6 Å². The summed E-state index contributed by atoms with van der Waals surface area (Å²) in [6, 6.07) is 9.07. The van der Waals surface area contributed by atoms with Crippen LogP contribution in [-0.4, -0.2) is 12.2 Å². The Morgan fingerprint density at radius 3 is 1.62 bits per heavy atom. The van der Waals surface area contributed by atoms with Gasteiger partial charge in [-0.2, -0.15) is 0 Å². The number of fused-ring (bicyclic) bond motifs is 2. The van der Waals surface area contributed by atoms with Crippen LogP contribution in [0.15, 0.2) is 30.3 Å². The molecule has 1 spiro atoms. The molecule has 1 saturated carbocycles. The summed E-state index contributed by atoms with van der Waals surface area (Å²) in [5.74, 6) is 0.647. The molecule has 2 atom stereocenters. The molecule has 2 aromatic carbocycles. The Kier molecular flexibility index (Phi) is 5.18. The van der Waals surface area contributed by atoms with Gasteiger partial charge in [0, 0.05) is 0 Å². The van der Waals surface area contributed by atoms with Crippen LogP contribution >= 0.6 is 54.1 Å². The number of hydrogen-bond acceptors (Lipinski definition) is 5. The minimum absolute atomic E-state index is 0.0165. The maximum absolute atomic E-state index is 6.54. The van der Waals surface area contributed by atoms with Crippen LogP contribution in [0, 0.1) is 10.8 Å². The summed E-state index contributed by atoms with van der Waals surface area (Å²) in [7, 11) is -4.72. The molecule has 0 radical (unpaired) electrons. The van der Waals surface area contributed by atoms with Crippen LogP contribution < -0.4 is 13.6 Å². The molecule has 0 bridgehead atoms. The molecule has 5 rings (SSSR count). The van der Waals surface area contributed by atoms with E-state index in [9.17, 15) is 0 Å². The van der Waals surface area contributed by atoms with Gasteiger partial charge in [-0.15, -0.1) is 0 Å². The number of halogens is 4. The van der Waals surface area contributed by atoms with E-state index in [1.165, 1.54) is 0 Å². The molecule has 1 saturated heterocycles. The fraction of sp³-hybridized carbons (Fsp3) is 0.455. The van der Waals surface area contributed by atoms with Crippen molar-refractivity contribution in [3.8, 4) is 17.2 Å². The van der Waals surface area contributed by atoms with Crippen molar-refractivity contribution < 1.29 is 22.6 Å². The van der Waals surface area contributed by atoms with Crippen molar-refractivity contribution in [2.24, 2.45) is 10.8 Å². The van der Waals surface area contributed by atoms with Gasteiger partial charge >= 0.3 is 208 Å². The Labute approximate surface area is 207 Å². The molecule has 174 valence electrons. The van der Waals surface area contributed by atoms with E-state index in [4.69, 9.17) is 69.0 Å². The Bertz CT molecular complexity index is 1040. The summed E-state index contributed by atoms with van der Waals surface area (Å²) >= 11 is 25.5. The molecule has 2 aromatic rings. The number of rotatable bonds is 2. The van der Waals surface area contributed by atoms with Gasteiger partial charge in [0.25, 0.3) is 0 Å². The molecule has 0 aromatic heterocycles. The fourth-order valence-electron chi connectivity index (χ4n) is 4.39. The predicted molar refractivity (Wildman–Crippen MR) is 128 cm³/mol. The van der Waals surface area contributed by atoms with Crippen molar-refractivity contribution >= 4 is 54.1 Å². The van der Waals surface area contributed by atoms with Crippen molar-refractivity contribution in [1.29, 1.82) is 0 Å². The van der Waals surface area contributed by atoms with Crippen LogP contribution in [0.25, 0.3) is 0 Å². The normalized spacial score (nSPS) is 29.2. The molecule has 2 aliphatic heterocycles. The second kappa shape index (κ2) is 7.18. The average molecular weight is 540 g/mol. The van der Waals surface area contributed by atoms with Crippen LogP contribution in [0.4, 0.5) is 0 Å². The molecule has 32 heavy (non-hydrogen) atoms. The first-order valence-electron chi connectivity index (χ1n) is 10.3. The molecule has 2 fully saturated rings. The summed E-state index contributed by atoms with van der Waals surface area (Å²) in [4.78, 5) is 0. The molecular formula is C22H23Cl4O5P. The number of para-hydroxylation sites is 1. The van der Waals surface area contributed by atoms with E-state index in [1.807, 2.05) is 18.2 Å². The first-order valence-corrected chi connectivity index (χ1v) is 13.6. The van der Waals surface area contributed by atoms with Crippen molar-refractivity contribution in [1.82, 2.24) is 0 Å². The van der Waals surface area contributed by atoms with E-state index >= 15 is 0 Å². The third kappa shape index (κ3) is 3.32. The molecule has 1 aliphatic carbocycles. The molecule has 10 heteroatoms. The Morgan fingerprint density at radius 1 is 0.750 bits per heavy atom. The van der Waals surface area contributed by atoms with Crippen LogP contribution in [0.1, 0.15) is 40.5 Å². The maximum atomic E-state index is 6.54. The van der Waals surface area contributed by atoms with Crippen molar-refractivity contribution in [2.45, 2.75) is 52.7 Å². The van der Waals surface area contributed by atoms with Gasteiger partial charge in [-0.05, 0) is 0 Å². The predicted octanol–water partition coefficient (Wildman–Crippen LogP) is 8.91. The van der Waals surface area contributed by atoms with Gasteiger partial charge in [0.05, 0.1) is 0 Å². The first-order chi connectivity index (χ1) is 14.9. The van der Waals surface area contributed by atoms with Gasteiger partial charge in [0.1, 0.15) is 0 Å². The van der Waals surface area contributed by atoms with Crippen molar-refractivity contribution in [3.05, 3.63) is 50.4 Å². The Morgan fingerprint density at radius 2 is 1.19 bits per heavy atom. The SMILES string of the molecule is CC1(C)CC2OP3(Oc4ccccc4)(Oc4c(Cl)c(Cl)c(Cl)c(Cl)c4O3)OC2CC1(C)C. The third-order valence-corrected chi connectivity index (χ3v) is 11.4. The number of hydrogen-bond donors (Lipinski definition) is 0. The van der Waals surface area contributed by atoms with Gasteiger partial charge in [-0.3, -0.25) is 0 Å². The van der Waals surface area contributed by atoms with Crippen LogP contribution in [-0.2, 0) is 9.05 Å². The van der Waals surface area contributed by atoms with Crippen LogP contribution in [0.5, 0.6) is 17.2 Å². The topological polar surface area (TPSA) is 46.2 Å². The standard InChI is InChI=1S/C22H23Cl4O5P/c1-21(2)10-13-14(11-22(21,3)4)29-32(28-13,27-12-8-6-5-7-9-12)30-19-17(25)15(23)16(24)18(26)20(19)31-32/h5-9,13-14H,10-11H2,1-4H3. The van der Waals surface area contributed by atoms with Crippen molar-refractivity contribution in [3.63, 3.8) is 0 Å². The molecular weight excluding hydrogens is 517 g/mol. The summed E-state index contributed by atoms with van der Waals surface area (Å²) in [6.45, 7) is 8.89. The molecule has 0 amide bonds. The summed E-state index contributed by atoms with van der Waals surface area (Å²) in [5, 5.41) is 0.213. The molecule has 2 heterocycles. The zero-order valence-corrected chi connectivity index (χ0v) is 21.9. The zero-order chi connectivity index (χ0) is 23.1. The second-order valence-electron chi connectivity index (χ2n) is 9.71. The quantitative estimate of drug-likeness (QED) is 0.216. The third-order valence-electron chi connectivity index (χ3n) is 6.95. The van der Waals surface area contributed by atoms with Gasteiger partial charge in [0.15, 0.2) is 0 Å². The first kappa shape index (κ1) is 23.1. The van der Waals surface area contributed by atoms with E-state index in [0.717, 1.165) is 12.8 Å². The fourth-order valence-corrected chi connectivity index (χ4v) is 8.53. The average Bonchev–Trinajstić information content (AvgIpc) is 3.19. The monoisotopic (exact) mass is 538 g/mol. The summed E-state index contributed by atoms with van der Waals surface area (Å²) < 4.78 is 32.0. The van der Waals surface area contributed by atoms with E-state index in [1.54, 1.807) is 12.1 Å². The van der Waals surface area contributed by atoms with Crippen molar-refractivity contribution in [2.75, 3.05) is 0 Å². The van der Waals surface area contributed by atoms with E-state index in [0.29, 0.717) is 5.75 Å². The molecule has 3 aliphatic rings. The minimum atomic E-state index is -4.72.